The number of nitrogens with one attached hydrogen (secondary N) is 1. The average Bonchev–Trinajstić information content (AvgIpc) is 2.28. The van der Waals surface area contributed by atoms with Crippen molar-refractivity contribution in [3.8, 4) is 6.07 Å². The minimum Gasteiger partial charge on any atom is -0.382 e. The van der Waals surface area contributed by atoms with E-state index >= 15 is 0 Å². The molecule has 0 aromatic carbocycles. The molecule has 5 heteroatoms. The van der Waals surface area contributed by atoms with Crippen LogP contribution in [0, 0.1) is 11.3 Å². The number of hydrogen-bond donors (Lipinski definition) is 1. The Balaban J connectivity index is 2.42. The molecule has 1 rings (SSSR count). The van der Waals surface area contributed by atoms with Crippen molar-refractivity contribution in [2.45, 2.75) is 13.3 Å². The fraction of sp³-hybridized carbons (Fsp3) is 0.455. The molecule has 0 aliphatic rings. The van der Waals surface area contributed by atoms with Crippen LogP contribution in [-0.4, -0.2) is 24.7 Å². The van der Waals surface area contributed by atoms with Crippen molar-refractivity contribution in [3.05, 3.63) is 22.8 Å². The van der Waals surface area contributed by atoms with Gasteiger partial charge in [0.1, 0.15) is 11.0 Å². The highest BCUT2D eigenvalue weighted by Crippen LogP contribution is 2.13. The molecule has 1 aromatic rings. The summed E-state index contributed by atoms with van der Waals surface area (Å²) in [5, 5.41) is 12.2. The summed E-state index contributed by atoms with van der Waals surface area (Å²) in [6.07, 6.45) is 0.893. The number of rotatable bonds is 6. The van der Waals surface area contributed by atoms with E-state index in [1.807, 2.05) is 13.0 Å². The summed E-state index contributed by atoms with van der Waals surface area (Å²) in [7, 11) is 0. The number of ether oxygens (including phenoxy) is 1. The van der Waals surface area contributed by atoms with Gasteiger partial charge < -0.3 is 10.1 Å². The van der Waals surface area contributed by atoms with Crippen molar-refractivity contribution in [1.29, 1.82) is 5.26 Å². The van der Waals surface area contributed by atoms with Gasteiger partial charge in [0.2, 0.25) is 0 Å². The van der Waals surface area contributed by atoms with Gasteiger partial charge in [-0.05, 0) is 25.5 Å². The Morgan fingerprint density at radius 1 is 1.56 bits per heavy atom. The van der Waals surface area contributed by atoms with Crippen molar-refractivity contribution >= 4 is 17.4 Å². The Bertz CT molecular complexity index is 376. The van der Waals surface area contributed by atoms with Gasteiger partial charge in [-0.1, -0.05) is 11.6 Å². The predicted octanol–water partition coefficient (Wildman–Crippen LogP) is 2.45. The molecule has 0 radical (unpaired) electrons. The van der Waals surface area contributed by atoms with Crippen LogP contribution in [0.3, 0.4) is 0 Å². The first kappa shape index (κ1) is 12.8. The van der Waals surface area contributed by atoms with Gasteiger partial charge in [0.05, 0.1) is 11.6 Å². The summed E-state index contributed by atoms with van der Waals surface area (Å²) >= 11 is 5.76. The number of nitriles is 1. The summed E-state index contributed by atoms with van der Waals surface area (Å²) < 4.78 is 5.20. The van der Waals surface area contributed by atoms with E-state index in [9.17, 15) is 0 Å². The second kappa shape index (κ2) is 7.04. The zero-order chi connectivity index (χ0) is 11.8. The highest BCUT2D eigenvalue weighted by molar-refractivity contribution is 6.29. The molecule has 0 unspecified atom stereocenters. The monoisotopic (exact) mass is 239 g/mol. The highest BCUT2D eigenvalue weighted by atomic mass is 35.5. The van der Waals surface area contributed by atoms with Crippen LogP contribution in [0.4, 0.5) is 5.82 Å². The van der Waals surface area contributed by atoms with E-state index in [2.05, 4.69) is 10.3 Å². The summed E-state index contributed by atoms with van der Waals surface area (Å²) in [6, 6.07) is 5.24. The SMILES string of the molecule is CCOCCCNc1cc(C#N)cc(Cl)n1. The van der Waals surface area contributed by atoms with Crippen LogP contribution >= 0.6 is 11.6 Å². The lowest BCUT2D eigenvalue weighted by atomic mass is 10.3. The molecule has 0 aliphatic carbocycles. The molecule has 1 heterocycles. The average molecular weight is 240 g/mol. The van der Waals surface area contributed by atoms with Crippen LogP contribution in [0.15, 0.2) is 12.1 Å². The van der Waals surface area contributed by atoms with Gasteiger partial charge >= 0.3 is 0 Å². The first-order chi connectivity index (χ1) is 7.76. The summed E-state index contributed by atoms with van der Waals surface area (Å²) in [4.78, 5) is 4.06. The van der Waals surface area contributed by atoms with E-state index in [1.54, 1.807) is 6.07 Å². The van der Waals surface area contributed by atoms with Crippen molar-refractivity contribution in [1.82, 2.24) is 4.98 Å². The predicted molar refractivity (Wildman–Crippen MR) is 63.6 cm³/mol. The molecule has 0 bridgehead atoms. The summed E-state index contributed by atoms with van der Waals surface area (Å²) in [6.45, 7) is 4.16. The standard InChI is InChI=1S/C11H14ClN3O/c1-2-16-5-3-4-14-11-7-9(8-13)6-10(12)15-11/h6-7H,2-5H2,1H3,(H,14,15). The van der Waals surface area contributed by atoms with Crippen molar-refractivity contribution < 1.29 is 4.74 Å². The lowest BCUT2D eigenvalue weighted by Crippen LogP contribution is -2.07. The molecule has 0 saturated heterocycles. The molecule has 0 saturated carbocycles. The largest absolute Gasteiger partial charge is 0.382 e. The van der Waals surface area contributed by atoms with E-state index in [0.717, 1.165) is 26.2 Å². The van der Waals surface area contributed by atoms with Gasteiger partial charge in [0.25, 0.3) is 0 Å². The lowest BCUT2D eigenvalue weighted by molar-refractivity contribution is 0.147. The minimum atomic E-state index is 0.325. The van der Waals surface area contributed by atoms with Gasteiger partial charge in [-0.25, -0.2) is 4.98 Å². The number of halogens is 1. The van der Waals surface area contributed by atoms with E-state index in [0.29, 0.717) is 16.5 Å². The topological polar surface area (TPSA) is 57.9 Å². The first-order valence-corrected chi connectivity index (χ1v) is 5.53. The second-order valence-electron chi connectivity index (χ2n) is 3.15. The second-order valence-corrected chi connectivity index (χ2v) is 3.54. The maximum Gasteiger partial charge on any atom is 0.132 e. The Hall–Kier alpha value is -1.31. The molecule has 0 spiro atoms. The van der Waals surface area contributed by atoms with Crippen molar-refractivity contribution in [2.24, 2.45) is 0 Å². The quantitative estimate of drug-likeness (QED) is 0.612. The zero-order valence-electron chi connectivity index (χ0n) is 9.16. The molecular formula is C11H14ClN3O. The zero-order valence-corrected chi connectivity index (χ0v) is 9.92. The van der Waals surface area contributed by atoms with Crippen LogP contribution in [-0.2, 0) is 4.74 Å². The van der Waals surface area contributed by atoms with E-state index < -0.39 is 0 Å². The lowest BCUT2D eigenvalue weighted by Gasteiger charge is -2.06. The molecular weight excluding hydrogens is 226 g/mol. The van der Waals surface area contributed by atoms with Crippen LogP contribution in [0.2, 0.25) is 5.15 Å². The molecule has 1 N–H and O–H groups in total. The third-order valence-corrected chi connectivity index (χ3v) is 2.09. The Labute approximate surface area is 100 Å². The molecule has 0 fully saturated rings. The normalized spacial score (nSPS) is 9.81. The molecule has 0 aliphatic heterocycles. The highest BCUT2D eigenvalue weighted by Gasteiger charge is 2.00. The van der Waals surface area contributed by atoms with E-state index in [1.165, 1.54) is 6.07 Å². The van der Waals surface area contributed by atoms with Gasteiger partial charge in [-0.3, -0.25) is 0 Å². The van der Waals surface area contributed by atoms with Crippen LogP contribution in [0.25, 0.3) is 0 Å². The summed E-state index contributed by atoms with van der Waals surface area (Å²) in [5.74, 6) is 0.626. The maximum absolute atomic E-state index is 8.74. The first-order valence-electron chi connectivity index (χ1n) is 5.15. The Kier molecular flexibility index (Phi) is 5.62. The van der Waals surface area contributed by atoms with Gasteiger partial charge in [0.15, 0.2) is 0 Å². The molecule has 16 heavy (non-hydrogen) atoms. The number of nitrogens with zero attached hydrogens (tertiary/aromatic N) is 2. The fourth-order valence-electron chi connectivity index (χ4n) is 1.19. The molecule has 1 aromatic heterocycles. The summed E-state index contributed by atoms with van der Waals surface area (Å²) in [5.41, 5.74) is 0.507. The molecule has 4 nitrogen and oxygen atoms in total. The number of aromatic nitrogens is 1. The van der Waals surface area contributed by atoms with Crippen LogP contribution < -0.4 is 5.32 Å². The minimum absolute atomic E-state index is 0.325. The van der Waals surface area contributed by atoms with Gasteiger partial charge in [0, 0.05) is 19.8 Å². The fourth-order valence-corrected chi connectivity index (χ4v) is 1.40. The van der Waals surface area contributed by atoms with Gasteiger partial charge in [-0.15, -0.1) is 0 Å². The van der Waals surface area contributed by atoms with E-state index in [4.69, 9.17) is 21.6 Å². The maximum atomic E-state index is 8.74. The smallest absolute Gasteiger partial charge is 0.132 e. The molecule has 0 amide bonds. The molecule has 86 valence electrons. The Morgan fingerprint density at radius 2 is 2.38 bits per heavy atom. The third kappa shape index (κ3) is 4.47. The van der Waals surface area contributed by atoms with Crippen molar-refractivity contribution in [3.63, 3.8) is 0 Å². The number of anilines is 1. The number of hydrogen-bond acceptors (Lipinski definition) is 4. The van der Waals surface area contributed by atoms with Crippen molar-refractivity contribution in [2.75, 3.05) is 25.1 Å². The molecule has 0 atom stereocenters. The van der Waals surface area contributed by atoms with Crippen LogP contribution in [0.1, 0.15) is 18.9 Å². The van der Waals surface area contributed by atoms with Gasteiger partial charge in [-0.2, -0.15) is 5.26 Å². The Morgan fingerprint density at radius 3 is 3.06 bits per heavy atom. The van der Waals surface area contributed by atoms with Crippen LogP contribution in [0.5, 0.6) is 0 Å². The number of pyridine rings is 1. The van der Waals surface area contributed by atoms with E-state index in [-0.39, 0.29) is 0 Å². The third-order valence-electron chi connectivity index (χ3n) is 1.90.